The summed E-state index contributed by atoms with van der Waals surface area (Å²) in [5, 5.41) is 1.05. The summed E-state index contributed by atoms with van der Waals surface area (Å²) < 4.78 is 0. The number of aromatic amines is 1. The summed E-state index contributed by atoms with van der Waals surface area (Å²) in [5.74, 6) is -0.340. The molecule has 2 amide bonds. The topological polar surface area (TPSA) is 53.2 Å². The number of amides is 2. The molecule has 1 saturated heterocycles. The summed E-state index contributed by atoms with van der Waals surface area (Å²) in [7, 11) is 0. The van der Waals surface area contributed by atoms with Crippen molar-refractivity contribution in [2.75, 3.05) is 0 Å². The van der Waals surface area contributed by atoms with Gasteiger partial charge in [-0.15, -0.1) is 0 Å². The van der Waals surface area contributed by atoms with Crippen LogP contribution in [0.5, 0.6) is 0 Å². The third-order valence-electron chi connectivity index (χ3n) is 4.30. The van der Waals surface area contributed by atoms with Gasteiger partial charge in [0.2, 0.25) is 5.91 Å². The molecule has 118 valence electrons. The summed E-state index contributed by atoms with van der Waals surface area (Å²) in [4.78, 5) is 29.4. The van der Waals surface area contributed by atoms with Gasteiger partial charge < -0.3 is 4.98 Å². The molecule has 1 N–H and O–H groups in total. The van der Waals surface area contributed by atoms with E-state index in [4.69, 9.17) is 0 Å². The second-order valence-electron chi connectivity index (χ2n) is 5.90. The molecule has 0 aliphatic carbocycles. The van der Waals surface area contributed by atoms with E-state index in [0.29, 0.717) is 12.1 Å². The van der Waals surface area contributed by atoms with E-state index in [2.05, 4.69) is 4.98 Å². The third kappa shape index (κ3) is 2.52. The molecular formula is C20H16N2O2. The fourth-order valence-electron chi connectivity index (χ4n) is 3.08. The van der Waals surface area contributed by atoms with Gasteiger partial charge in [0.05, 0.1) is 13.0 Å². The minimum absolute atomic E-state index is 0.142. The van der Waals surface area contributed by atoms with Crippen molar-refractivity contribution in [3.63, 3.8) is 0 Å². The SMILES string of the molecule is O=C1C/C(=C\c2cccc3[nH]ccc23)C(=O)N1Cc1ccccc1. The van der Waals surface area contributed by atoms with Crippen LogP contribution in [0.1, 0.15) is 17.5 Å². The molecule has 0 bridgehead atoms. The summed E-state index contributed by atoms with van der Waals surface area (Å²) >= 11 is 0. The molecule has 3 aromatic rings. The second-order valence-corrected chi connectivity index (χ2v) is 5.90. The maximum atomic E-state index is 12.6. The molecule has 2 aromatic carbocycles. The lowest BCUT2D eigenvalue weighted by atomic mass is 10.1. The number of carbonyl (C=O) groups is 2. The maximum Gasteiger partial charge on any atom is 0.257 e. The molecule has 0 saturated carbocycles. The smallest absolute Gasteiger partial charge is 0.257 e. The number of nitrogens with one attached hydrogen (secondary N) is 1. The first-order valence-electron chi connectivity index (χ1n) is 7.88. The molecule has 1 fully saturated rings. The zero-order valence-electron chi connectivity index (χ0n) is 13.0. The Hall–Kier alpha value is -3.14. The number of carbonyl (C=O) groups excluding carboxylic acids is 2. The van der Waals surface area contributed by atoms with Gasteiger partial charge in [-0.05, 0) is 29.3 Å². The van der Waals surface area contributed by atoms with Crippen LogP contribution >= 0.6 is 0 Å². The molecule has 0 unspecified atom stereocenters. The number of benzene rings is 2. The predicted molar refractivity (Wildman–Crippen MR) is 92.9 cm³/mol. The first-order valence-corrected chi connectivity index (χ1v) is 7.88. The Morgan fingerprint density at radius 3 is 2.67 bits per heavy atom. The van der Waals surface area contributed by atoms with Crippen LogP contribution in [0.4, 0.5) is 0 Å². The van der Waals surface area contributed by atoms with Gasteiger partial charge in [0.1, 0.15) is 0 Å². The molecule has 1 aliphatic heterocycles. The van der Waals surface area contributed by atoms with Crippen LogP contribution in [0.15, 0.2) is 66.4 Å². The van der Waals surface area contributed by atoms with Crippen LogP contribution in [-0.2, 0) is 16.1 Å². The molecular weight excluding hydrogens is 300 g/mol. The number of hydrogen-bond donors (Lipinski definition) is 1. The molecule has 2 heterocycles. The van der Waals surface area contributed by atoms with Crippen molar-refractivity contribution in [2.45, 2.75) is 13.0 Å². The van der Waals surface area contributed by atoms with Crippen molar-refractivity contribution in [3.8, 4) is 0 Å². The predicted octanol–water partition coefficient (Wildman–Crippen LogP) is 3.51. The Morgan fingerprint density at radius 1 is 1.00 bits per heavy atom. The van der Waals surface area contributed by atoms with E-state index in [1.54, 1.807) is 0 Å². The molecule has 0 atom stereocenters. The first kappa shape index (κ1) is 14.5. The highest BCUT2D eigenvalue weighted by atomic mass is 16.2. The minimum Gasteiger partial charge on any atom is -0.361 e. The quantitative estimate of drug-likeness (QED) is 0.594. The Kier molecular flexibility index (Phi) is 3.50. The largest absolute Gasteiger partial charge is 0.361 e. The van der Waals surface area contributed by atoms with Gasteiger partial charge in [0.25, 0.3) is 5.91 Å². The van der Waals surface area contributed by atoms with Crippen LogP contribution in [0.25, 0.3) is 17.0 Å². The molecule has 4 heteroatoms. The second kappa shape index (κ2) is 5.81. The maximum absolute atomic E-state index is 12.6. The van der Waals surface area contributed by atoms with Crippen LogP contribution < -0.4 is 0 Å². The van der Waals surface area contributed by atoms with Gasteiger partial charge in [-0.1, -0.05) is 42.5 Å². The van der Waals surface area contributed by atoms with E-state index >= 15 is 0 Å². The van der Waals surface area contributed by atoms with Crippen molar-refractivity contribution in [2.24, 2.45) is 0 Å². The minimum atomic E-state index is -0.198. The highest BCUT2D eigenvalue weighted by Gasteiger charge is 2.33. The molecule has 24 heavy (non-hydrogen) atoms. The lowest BCUT2D eigenvalue weighted by Gasteiger charge is -2.13. The van der Waals surface area contributed by atoms with Crippen LogP contribution in [0.3, 0.4) is 0 Å². The molecule has 4 rings (SSSR count). The van der Waals surface area contributed by atoms with Crippen LogP contribution in [0, 0.1) is 0 Å². The van der Waals surface area contributed by atoms with Gasteiger partial charge in [0.15, 0.2) is 0 Å². The molecule has 0 spiro atoms. The number of imide groups is 1. The number of H-pyrrole nitrogens is 1. The molecule has 1 aromatic heterocycles. The number of rotatable bonds is 3. The highest BCUT2D eigenvalue weighted by molar-refractivity contribution is 6.16. The van der Waals surface area contributed by atoms with E-state index in [1.807, 2.05) is 66.9 Å². The van der Waals surface area contributed by atoms with E-state index in [0.717, 1.165) is 22.0 Å². The van der Waals surface area contributed by atoms with E-state index in [9.17, 15) is 9.59 Å². The van der Waals surface area contributed by atoms with Gasteiger partial charge in [-0.25, -0.2) is 0 Å². The molecule has 4 nitrogen and oxygen atoms in total. The summed E-state index contributed by atoms with van der Waals surface area (Å²) in [6.07, 6.45) is 3.86. The van der Waals surface area contributed by atoms with Crippen LogP contribution in [0.2, 0.25) is 0 Å². The fraction of sp³-hybridized carbons (Fsp3) is 0.100. The van der Waals surface area contributed by atoms with E-state index in [1.165, 1.54) is 4.90 Å². The van der Waals surface area contributed by atoms with Crippen LogP contribution in [-0.4, -0.2) is 21.7 Å². The summed E-state index contributed by atoms with van der Waals surface area (Å²) in [6, 6.07) is 17.4. The standard InChI is InChI=1S/C20H16N2O2/c23-19-12-16(11-15-7-4-8-18-17(15)9-10-21-18)20(24)22(19)13-14-5-2-1-3-6-14/h1-11,21H,12-13H2/b16-11+. The average molecular weight is 316 g/mol. The van der Waals surface area contributed by atoms with Crippen molar-refractivity contribution >= 4 is 28.8 Å². The van der Waals surface area contributed by atoms with Crippen molar-refractivity contribution < 1.29 is 9.59 Å². The monoisotopic (exact) mass is 316 g/mol. The number of likely N-dealkylation sites (tertiary alicyclic amines) is 1. The lowest BCUT2D eigenvalue weighted by Crippen LogP contribution is -2.28. The summed E-state index contributed by atoms with van der Waals surface area (Å²) in [5.41, 5.74) is 3.46. The molecule has 0 radical (unpaired) electrons. The Balaban J connectivity index is 1.64. The van der Waals surface area contributed by atoms with Crippen molar-refractivity contribution in [1.29, 1.82) is 0 Å². The zero-order chi connectivity index (χ0) is 16.5. The third-order valence-corrected chi connectivity index (χ3v) is 4.30. The zero-order valence-corrected chi connectivity index (χ0v) is 13.0. The Morgan fingerprint density at radius 2 is 1.83 bits per heavy atom. The average Bonchev–Trinajstić information content (AvgIpc) is 3.17. The highest BCUT2D eigenvalue weighted by Crippen LogP contribution is 2.26. The molecule has 1 aliphatic rings. The van der Waals surface area contributed by atoms with E-state index in [-0.39, 0.29) is 18.2 Å². The van der Waals surface area contributed by atoms with Gasteiger partial charge in [-0.2, -0.15) is 0 Å². The normalized spacial score (nSPS) is 16.5. The number of aromatic nitrogens is 1. The number of nitrogens with zero attached hydrogens (tertiary/aromatic N) is 1. The van der Waals surface area contributed by atoms with Gasteiger partial charge in [0, 0.05) is 22.7 Å². The Bertz CT molecular complexity index is 954. The Labute approximate surface area is 139 Å². The van der Waals surface area contributed by atoms with Crippen molar-refractivity contribution in [1.82, 2.24) is 9.88 Å². The van der Waals surface area contributed by atoms with Gasteiger partial charge >= 0.3 is 0 Å². The lowest BCUT2D eigenvalue weighted by molar-refractivity contribution is -0.138. The number of fused-ring (bicyclic) bond motifs is 1. The van der Waals surface area contributed by atoms with Gasteiger partial charge in [-0.3, -0.25) is 14.5 Å². The fourth-order valence-corrected chi connectivity index (χ4v) is 3.08. The summed E-state index contributed by atoms with van der Waals surface area (Å²) in [6.45, 7) is 0.324. The van der Waals surface area contributed by atoms with Crippen molar-refractivity contribution in [3.05, 3.63) is 77.5 Å². The first-order chi connectivity index (χ1) is 11.7. The number of hydrogen-bond acceptors (Lipinski definition) is 2. The van der Waals surface area contributed by atoms with E-state index < -0.39 is 0 Å².